The van der Waals surface area contributed by atoms with Gasteiger partial charge < -0.3 is 74.4 Å². The third-order valence-electron chi connectivity index (χ3n) is 19.4. The second-order valence-electron chi connectivity index (χ2n) is 22.5. The van der Waals surface area contributed by atoms with Gasteiger partial charge in [0.25, 0.3) is 0 Å². The first-order chi connectivity index (χ1) is 29.5. The van der Waals surface area contributed by atoms with Crippen molar-refractivity contribution >= 4 is 5.97 Å². The monoisotopic (exact) mass is 897 g/mol. The third kappa shape index (κ3) is 7.33. The number of carboxylic acid groups (broad SMARTS) is 1. The van der Waals surface area contributed by atoms with Crippen LogP contribution in [0.4, 0.5) is 0 Å². The van der Waals surface area contributed by atoms with Crippen molar-refractivity contribution in [2.75, 3.05) is 13.2 Å². The van der Waals surface area contributed by atoms with E-state index in [4.69, 9.17) is 28.4 Å². The maximum Gasteiger partial charge on any atom is 0.309 e. The Morgan fingerprint density at radius 2 is 1.38 bits per heavy atom. The first kappa shape index (κ1) is 48.1. The van der Waals surface area contributed by atoms with E-state index >= 15 is 0 Å². The molecule has 24 atom stereocenters. The van der Waals surface area contributed by atoms with Crippen LogP contribution >= 0.6 is 0 Å². The number of hydrogen-bond donors (Lipinski definition) is 9. The second-order valence-corrected chi connectivity index (χ2v) is 22.5. The zero-order chi connectivity index (χ0) is 45.9. The zero-order valence-corrected chi connectivity index (χ0v) is 38.1. The molecule has 8 fully saturated rings. The van der Waals surface area contributed by atoms with Gasteiger partial charge in [-0.15, -0.1) is 0 Å². The predicted molar refractivity (Wildman–Crippen MR) is 223 cm³/mol. The molecule has 360 valence electrons. The second kappa shape index (κ2) is 17.0. The molecular formula is C47H76O16. The summed E-state index contributed by atoms with van der Waals surface area (Å²) in [6.45, 7) is 18.9. The Kier molecular flexibility index (Phi) is 13.0. The molecule has 16 heteroatoms. The molecule has 0 aromatic rings. The maximum absolute atomic E-state index is 13.1. The van der Waals surface area contributed by atoms with E-state index in [2.05, 4.69) is 48.1 Å². The minimum absolute atomic E-state index is 0.000905. The molecule has 0 bridgehead atoms. The number of aliphatic hydroxyl groups excluding tert-OH is 8. The third-order valence-corrected chi connectivity index (χ3v) is 19.4. The number of aliphatic hydroxyl groups is 8. The number of carbonyl (C=O) groups is 1. The molecule has 0 radical (unpaired) electrons. The summed E-state index contributed by atoms with van der Waals surface area (Å²) < 4.78 is 35.9. The van der Waals surface area contributed by atoms with Crippen LogP contribution in [0.3, 0.4) is 0 Å². The van der Waals surface area contributed by atoms with Crippen LogP contribution in [0.1, 0.15) is 113 Å². The lowest BCUT2D eigenvalue weighted by atomic mass is 9.32. The largest absolute Gasteiger partial charge is 0.481 e. The van der Waals surface area contributed by atoms with Crippen molar-refractivity contribution in [3.63, 3.8) is 0 Å². The summed E-state index contributed by atoms with van der Waals surface area (Å²) in [5.41, 5.74) is 0.150. The van der Waals surface area contributed by atoms with Crippen molar-refractivity contribution in [2.24, 2.45) is 56.7 Å². The predicted octanol–water partition coefficient (Wildman–Crippen LogP) is 2.23. The summed E-state index contributed by atoms with van der Waals surface area (Å²) in [4.78, 5) is 13.1. The molecule has 8 aliphatic rings. The fourth-order valence-electron chi connectivity index (χ4n) is 15.7. The lowest BCUT2D eigenvalue weighted by molar-refractivity contribution is -0.382. The topological polar surface area (TPSA) is 255 Å². The first-order valence-electron chi connectivity index (χ1n) is 23.6. The van der Waals surface area contributed by atoms with Gasteiger partial charge in [0, 0.05) is 0 Å². The number of ether oxygens (including phenoxy) is 6. The Morgan fingerprint density at radius 1 is 0.683 bits per heavy atom. The molecule has 9 N–H and O–H groups in total. The van der Waals surface area contributed by atoms with Crippen molar-refractivity contribution in [1.29, 1.82) is 0 Å². The van der Waals surface area contributed by atoms with Gasteiger partial charge in [0.2, 0.25) is 0 Å². The zero-order valence-electron chi connectivity index (χ0n) is 38.1. The lowest BCUT2D eigenvalue weighted by Gasteiger charge is -2.73. The van der Waals surface area contributed by atoms with E-state index in [-0.39, 0.29) is 46.2 Å². The molecular weight excluding hydrogens is 821 g/mol. The molecule has 0 aromatic heterocycles. The van der Waals surface area contributed by atoms with Gasteiger partial charge in [-0.2, -0.15) is 0 Å². The molecule has 0 spiro atoms. The molecule has 63 heavy (non-hydrogen) atoms. The molecule has 3 aliphatic heterocycles. The number of rotatable bonds is 9. The standard InChI is InChI=1S/C47H76O16/c1-21(2)23-11-16-47(42(56)57)18-17-45(7)24(30(23)47)9-10-28-44(6)14-13-29(43(4,5)27(44)12-15-46(28,45)8)62-39-36(54)33(51)26(20-58-39)61-41-38(35(53)32(50)25(19-48)60-41)63-40-37(55)34(52)31(49)22(3)59-40/h22-41,48-55H,1,9-20H2,2-8H3,(H,56,57)/t22-,23-,24?,25+,26-,27?,28+,29-,30?,31-,32+,33-,34+,35-,36+,37+,38+,39-,40-,41-,44-,45+,46+,47-/m0/s1. The highest BCUT2D eigenvalue weighted by Crippen LogP contribution is 2.77. The summed E-state index contributed by atoms with van der Waals surface area (Å²) in [6.07, 6.45) is -12.2. The maximum atomic E-state index is 13.1. The first-order valence-corrected chi connectivity index (χ1v) is 23.6. The summed E-state index contributed by atoms with van der Waals surface area (Å²) in [6, 6.07) is 0. The Labute approximate surface area is 371 Å². The van der Waals surface area contributed by atoms with Crippen molar-refractivity contribution in [3.05, 3.63) is 12.2 Å². The molecule has 3 heterocycles. The van der Waals surface area contributed by atoms with Gasteiger partial charge >= 0.3 is 5.97 Å². The van der Waals surface area contributed by atoms with E-state index in [0.717, 1.165) is 69.8 Å². The van der Waals surface area contributed by atoms with Crippen LogP contribution < -0.4 is 0 Å². The highest BCUT2D eigenvalue weighted by molar-refractivity contribution is 5.76. The number of aliphatic carboxylic acids is 1. The summed E-state index contributed by atoms with van der Waals surface area (Å²) in [7, 11) is 0. The number of allylic oxidation sites excluding steroid dienone is 1. The summed E-state index contributed by atoms with van der Waals surface area (Å²) >= 11 is 0. The van der Waals surface area contributed by atoms with Crippen LogP contribution in [0.2, 0.25) is 0 Å². The summed E-state index contributed by atoms with van der Waals surface area (Å²) in [5, 5.41) is 96.5. The SMILES string of the molecule is C=C(C)[C@@H]1CC[C@]2(C(=O)O)CC[C@]3(C)C(CC[C@@H]4[C@@]5(C)CC[C@H](O[C@@H]6OC[C@H](O[C@@H]7O[C@H](CO)[C@@H](O)[C@H](O)[C@H]7O[C@@H]7O[C@@H](C)[C@H](O)[C@@H](O)[C@H]7O)[C@H](O)[C@H]6O)C(C)(C)C5CC[C@]43C)C12. The van der Waals surface area contributed by atoms with E-state index in [9.17, 15) is 50.8 Å². The molecule has 8 rings (SSSR count). The van der Waals surface area contributed by atoms with Crippen molar-refractivity contribution in [3.8, 4) is 0 Å². The van der Waals surface area contributed by atoms with Gasteiger partial charge in [-0.1, -0.05) is 46.8 Å². The van der Waals surface area contributed by atoms with Crippen LogP contribution in [-0.4, -0.2) is 157 Å². The van der Waals surface area contributed by atoms with Gasteiger partial charge in [-0.25, -0.2) is 0 Å². The van der Waals surface area contributed by atoms with Crippen molar-refractivity contribution in [2.45, 2.75) is 205 Å². The van der Waals surface area contributed by atoms with E-state index in [1.807, 2.05) is 0 Å². The molecule has 3 saturated heterocycles. The summed E-state index contributed by atoms with van der Waals surface area (Å²) in [5.74, 6) is 0.786. The van der Waals surface area contributed by atoms with E-state index in [0.29, 0.717) is 17.8 Å². The van der Waals surface area contributed by atoms with Gasteiger partial charge in [0.15, 0.2) is 18.9 Å². The minimum atomic E-state index is -1.76. The number of fused-ring (bicyclic) bond motifs is 7. The quantitative estimate of drug-likeness (QED) is 0.119. The molecule has 3 unspecified atom stereocenters. The number of hydrogen-bond acceptors (Lipinski definition) is 15. The normalized spacial score (nSPS) is 55.5. The molecule has 16 nitrogen and oxygen atoms in total. The van der Waals surface area contributed by atoms with Crippen molar-refractivity contribution < 1.29 is 79.2 Å². The van der Waals surface area contributed by atoms with Crippen LogP contribution in [0.15, 0.2) is 12.2 Å². The van der Waals surface area contributed by atoms with Crippen LogP contribution in [0.25, 0.3) is 0 Å². The van der Waals surface area contributed by atoms with E-state index in [1.54, 1.807) is 0 Å². The van der Waals surface area contributed by atoms with Gasteiger partial charge in [0.1, 0.15) is 61.0 Å². The van der Waals surface area contributed by atoms with Crippen molar-refractivity contribution in [1.82, 2.24) is 0 Å². The lowest BCUT2D eigenvalue weighted by Crippen LogP contribution is -2.67. The van der Waals surface area contributed by atoms with Crippen LogP contribution in [0.5, 0.6) is 0 Å². The van der Waals surface area contributed by atoms with Gasteiger partial charge in [-0.05, 0) is 129 Å². The molecule has 0 amide bonds. The van der Waals surface area contributed by atoms with E-state index in [1.165, 1.54) is 6.92 Å². The fraction of sp³-hybridized carbons (Fsp3) is 0.936. The Balaban J connectivity index is 0.943. The molecule has 5 saturated carbocycles. The van der Waals surface area contributed by atoms with Gasteiger partial charge in [0.05, 0.1) is 30.8 Å². The molecule has 5 aliphatic carbocycles. The average Bonchev–Trinajstić information content (AvgIpc) is 3.64. The smallest absolute Gasteiger partial charge is 0.309 e. The highest BCUT2D eigenvalue weighted by atomic mass is 16.8. The Hall–Kier alpha value is -1.35. The molecule has 0 aromatic carbocycles. The van der Waals surface area contributed by atoms with E-state index < -0.39 is 104 Å². The Bertz CT molecular complexity index is 1700. The van der Waals surface area contributed by atoms with Crippen LogP contribution in [0, 0.1) is 56.7 Å². The average molecular weight is 897 g/mol. The minimum Gasteiger partial charge on any atom is -0.481 e. The van der Waals surface area contributed by atoms with Crippen LogP contribution in [-0.2, 0) is 33.2 Å². The van der Waals surface area contributed by atoms with Gasteiger partial charge in [-0.3, -0.25) is 4.79 Å². The highest BCUT2D eigenvalue weighted by Gasteiger charge is 2.72. The number of carboxylic acids is 1. The fourth-order valence-corrected chi connectivity index (χ4v) is 15.7. The Morgan fingerprint density at radius 3 is 2.05 bits per heavy atom.